The van der Waals surface area contributed by atoms with Crippen molar-refractivity contribution in [3.05, 3.63) is 42.2 Å². The summed E-state index contributed by atoms with van der Waals surface area (Å²) in [5.74, 6) is 2.10. The minimum atomic E-state index is -0.624. The Bertz CT molecular complexity index is 975. The number of nitrogens with two attached hydrogens (primary N) is 1. The lowest BCUT2D eigenvalue weighted by atomic mass is 10.2. The molecule has 26 heavy (non-hydrogen) atoms. The van der Waals surface area contributed by atoms with Gasteiger partial charge in [-0.25, -0.2) is 14.8 Å². The second-order valence-corrected chi connectivity index (χ2v) is 5.47. The fourth-order valence-electron chi connectivity index (χ4n) is 2.53. The zero-order chi connectivity index (χ0) is 18.7. The average molecular weight is 354 g/mol. The second-order valence-electron chi connectivity index (χ2n) is 5.47. The van der Waals surface area contributed by atoms with Crippen molar-refractivity contribution >= 4 is 22.6 Å². The summed E-state index contributed by atoms with van der Waals surface area (Å²) in [6, 6.07) is 8.08. The van der Waals surface area contributed by atoms with Crippen LogP contribution in [-0.2, 0) is 0 Å². The number of fused-ring (bicyclic) bond motifs is 1. The molecule has 0 unspecified atom stereocenters. The highest BCUT2D eigenvalue weighted by Gasteiger charge is 2.13. The van der Waals surface area contributed by atoms with Crippen LogP contribution in [0, 0.1) is 6.92 Å². The largest absolute Gasteiger partial charge is 0.493 e. The number of hydrogen-bond donors (Lipinski definition) is 2. The number of anilines is 1. The van der Waals surface area contributed by atoms with E-state index >= 15 is 0 Å². The zero-order valence-electron chi connectivity index (χ0n) is 14.6. The van der Waals surface area contributed by atoms with E-state index < -0.39 is 6.03 Å². The molecular weight excluding hydrogens is 336 g/mol. The first-order valence-electron chi connectivity index (χ1n) is 7.73. The molecule has 3 aromatic rings. The van der Waals surface area contributed by atoms with Crippen molar-refractivity contribution in [1.29, 1.82) is 0 Å². The van der Waals surface area contributed by atoms with Crippen molar-refractivity contribution in [3.63, 3.8) is 0 Å². The van der Waals surface area contributed by atoms with Crippen LogP contribution in [0.5, 0.6) is 23.1 Å². The minimum absolute atomic E-state index is 0.384. The van der Waals surface area contributed by atoms with Crippen LogP contribution in [-0.4, -0.2) is 30.2 Å². The van der Waals surface area contributed by atoms with Crippen LogP contribution in [0.1, 0.15) is 5.56 Å². The Labute approximate surface area is 149 Å². The maximum Gasteiger partial charge on any atom is 0.316 e. The number of rotatable bonds is 5. The molecule has 0 radical (unpaired) electrons. The summed E-state index contributed by atoms with van der Waals surface area (Å²) >= 11 is 0. The van der Waals surface area contributed by atoms with E-state index in [-0.39, 0.29) is 0 Å². The number of carbonyl (C=O) groups is 1. The molecule has 8 nitrogen and oxygen atoms in total. The van der Waals surface area contributed by atoms with Crippen molar-refractivity contribution in [2.75, 3.05) is 19.5 Å². The Hall–Kier alpha value is -3.55. The normalized spacial score (nSPS) is 10.4. The highest BCUT2D eigenvalue weighted by atomic mass is 16.5. The lowest BCUT2D eigenvalue weighted by Crippen LogP contribution is -2.19. The molecule has 8 heteroatoms. The van der Waals surface area contributed by atoms with Gasteiger partial charge in [0.15, 0.2) is 11.5 Å². The van der Waals surface area contributed by atoms with Gasteiger partial charge in [0.1, 0.15) is 12.1 Å². The SMILES string of the molecule is COc1cc2ncnc(Oc3ccc(NC(N)=O)cc3C)c2cc1OC. The predicted octanol–water partition coefficient (Wildman–Crippen LogP) is 3.24. The van der Waals surface area contributed by atoms with Gasteiger partial charge in [-0.1, -0.05) is 0 Å². The van der Waals surface area contributed by atoms with E-state index in [0.717, 1.165) is 5.56 Å². The Morgan fingerprint density at radius 1 is 1.04 bits per heavy atom. The van der Waals surface area contributed by atoms with E-state index in [1.807, 2.05) is 6.92 Å². The zero-order valence-corrected chi connectivity index (χ0v) is 14.6. The second kappa shape index (κ2) is 7.14. The van der Waals surface area contributed by atoms with E-state index in [1.165, 1.54) is 6.33 Å². The topological polar surface area (TPSA) is 109 Å². The van der Waals surface area contributed by atoms with E-state index in [4.69, 9.17) is 19.9 Å². The molecule has 134 valence electrons. The van der Waals surface area contributed by atoms with Gasteiger partial charge in [-0.15, -0.1) is 0 Å². The summed E-state index contributed by atoms with van der Waals surface area (Å²) in [4.78, 5) is 19.4. The highest BCUT2D eigenvalue weighted by molar-refractivity contribution is 5.88. The molecular formula is C18H18N4O4. The Morgan fingerprint density at radius 2 is 1.77 bits per heavy atom. The summed E-state index contributed by atoms with van der Waals surface area (Å²) in [5.41, 5.74) is 7.19. The van der Waals surface area contributed by atoms with E-state index in [0.29, 0.717) is 39.7 Å². The van der Waals surface area contributed by atoms with Crippen LogP contribution < -0.4 is 25.3 Å². The smallest absolute Gasteiger partial charge is 0.316 e. The number of methoxy groups -OCH3 is 2. The van der Waals surface area contributed by atoms with Crippen molar-refractivity contribution in [2.45, 2.75) is 6.92 Å². The number of aromatic nitrogens is 2. The van der Waals surface area contributed by atoms with Gasteiger partial charge < -0.3 is 25.3 Å². The standard InChI is InChI=1S/C18H18N4O4/c1-10-6-11(22-18(19)23)4-5-14(10)26-17-12-7-15(24-2)16(25-3)8-13(12)20-9-21-17/h4-9H,1-3H3,(H3,19,22,23). The molecule has 0 aliphatic rings. The van der Waals surface area contributed by atoms with Crippen molar-refractivity contribution < 1.29 is 19.0 Å². The van der Waals surface area contributed by atoms with Gasteiger partial charge in [0.05, 0.1) is 25.1 Å². The van der Waals surface area contributed by atoms with Crippen LogP contribution in [0.4, 0.5) is 10.5 Å². The fraction of sp³-hybridized carbons (Fsp3) is 0.167. The number of nitrogens with zero attached hydrogens (tertiary/aromatic N) is 2. The number of ether oxygens (including phenoxy) is 3. The molecule has 0 bridgehead atoms. The molecule has 0 atom stereocenters. The van der Waals surface area contributed by atoms with Crippen LogP contribution >= 0.6 is 0 Å². The number of nitrogens with one attached hydrogen (secondary N) is 1. The molecule has 3 N–H and O–H groups in total. The molecule has 1 aromatic heterocycles. The summed E-state index contributed by atoms with van der Waals surface area (Å²) in [6.07, 6.45) is 1.42. The number of aryl methyl sites for hydroxylation is 1. The van der Waals surface area contributed by atoms with Crippen LogP contribution in [0.3, 0.4) is 0 Å². The van der Waals surface area contributed by atoms with Gasteiger partial charge in [0.25, 0.3) is 0 Å². The van der Waals surface area contributed by atoms with Gasteiger partial charge in [0.2, 0.25) is 5.88 Å². The maximum absolute atomic E-state index is 11.0. The van der Waals surface area contributed by atoms with E-state index in [2.05, 4.69) is 15.3 Å². The summed E-state index contributed by atoms with van der Waals surface area (Å²) in [6.45, 7) is 1.86. The quantitative estimate of drug-likeness (QED) is 0.728. The van der Waals surface area contributed by atoms with Gasteiger partial charge in [-0.3, -0.25) is 0 Å². The summed E-state index contributed by atoms with van der Waals surface area (Å²) < 4.78 is 16.6. The van der Waals surface area contributed by atoms with Gasteiger partial charge >= 0.3 is 6.03 Å². The molecule has 1 heterocycles. The molecule has 2 amide bonds. The summed E-state index contributed by atoms with van der Waals surface area (Å²) in [7, 11) is 3.12. The number of amides is 2. The van der Waals surface area contributed by atoms with Crippen LogP contribution in [0.25, 0.3) is 10.9 Å². The van der Waals surface area contributed by atoms with E-state index in [9.17, 15) is 4.79 Å². The van der Waals surface area contributed by atoms with Crippen LogP contribution in [0.15, 0.2) is 36.7 Å². The first-order valence-corrected chi connectivity index (χ1v) is 7.73. The number of hydrogen-bond acceptors (Lipinski definition) is 6. The third kappa shape index (κ3) is 3.44. The molecule has 0 saturated heterocycles. The van der Waals surface area contributed by atoms with Crippen molar-refractivity contribution in [1.82, 2.24) is 9.97 Å². The third-order valence-corrected chi connectivity index (χ3v) is 3.75. The first-order chi connectivity index (χ1) is 12.5. The van der Waals surface area contributed by atoms with Crippen molar-refractivity contribution in [2.24, 2.45) is 5.73 Å². The highest BCUT2D eigenvalue weighted by Crippen LogP contribution is 2.36. The lowest BCUT2D eigenvalue weighted by molar-refractivity contribution is 0.259. The Balaban J connectivity index is 1.99. The summed E-state index contributed by atoms with van der Waals surface area (Å²) in [5, 5.41) is 3.21. The Kier molecular flexibility index (Phi) is 4.74. The number of carbonyl (C=O) groups excluding carboxylic acids is 1. The molecule has 0 spiro atoms. The third-order valence-electron chi connectivity index (χ3n) is 3.75. The average Bonchev–Trinajstić information content (AvgIpc) is 2.62. The van der Waals surface area contributed by atoms with Gasteiger partial charge in [-0.2, -0.15) is 0 Å². The fourth-order valence-corrected chi connectivity index (χ4v) is 2.53. The molecule has 0 aliphatic carbocycles. The van der Waals surface area contributed by atoms with E-state index in [1.54, 1.807) is 44.6 Å². The molecule has 0 saturated carbocycles. The minimum Gasteiger partial charge on any atom is -0.493 e. The number of urea groups is 1. The van der Waals surface area contributed by atoms with Gasteiger partial charge in [-0.05, 0) is 36.8 Å². The lowest BCUT2D eigenvalue weighted by Gasteiger charge is -2.13. The molecule has 0 aliphatic heterocycles. The Morgan fingerprint density at radius 3 is 2.42 bits per heavy atom. The molecule has 2 aromatic carbocycles. The maximum atomic E-state index is 11.0. The van der Waals surface area contributed by atoms with Gasteiger partial charge in [0, 0.05) is 11.8 Å². The first kappa shape index (κ1) is 17.3. The monoisotopic (exact) mass is 354 g/mol. The molecule has 0 fully saturated rings. The van der Waals surface area contributed by atoms with Crippen LogP contribution in [0.2, 0.25) is 0 Å². The van der Waals surface area contributed by atoms with Crippen molar-refractivity contribution in [3.8, 4) is 23.1 Å². The number of benzene rings is 2. The predicted molar refractivity (Wildman–Crippen MR) is 97.1 cm³/mol. The molecule has 3 rings (SSSR count). The number of primary amides is 1.